The Morgan fingerprint density at radius 2 is 1.69 bits per heavy atom. The average Bonchev–Trinajstić information content (AvgIpc) is 2.87. The predicted octanol–water partition coefficient (Wildman–Crippen LogP) is 6.13. The molecular formula is C27H18ClNO5S. The number of halogens is 1. The Morgan fingerprint density at radius 3 is 2.40 bits per heavy atom. The van der Waals surface area contributed by atoms with Crippen LogP contribution < -0.4 is 15.9 Å². The van der Waals surface area contributed by atoms with Crippen molar-refractivity contribution in [2.24, 2.45) is 0 Å². The van der Waals surface area contributed by atoms with Crippen LogP contribution in [0.15, 0.2) is 109 Å². The van der Waals surface area contributed by atoms with Crippen LogP contribution in [0.25, 0.3) is 27.9 Å². The van der Waals surface area contributed by atoms with Crippen LogP contribution in [0.5, 0.6) is 11.5 Å². The average molecular weight is 504 g/mol. The maximum Gasteiger partial charge on any atom is 0.354 e. The van der Waals surface area contributed by atoms with Gasteiger partial charge in [0.25, 0.3) is 5.56 Å². The number of methoxy groups -OCH3 is 1. The van der Waals surface area contributed by atoms with Crippen LogP contribution in [0.3, 0.4) is 0 Å². The van der Waals surface area contributed by atoms with Gasteiger partial charge in [0.1, 0.15) is 21.6 Å². The first-order chi connectivity index (χ1) is 17.0. The van der Waals surface area contributed by atoms with E-state index in [1.165, 1.54) is 4.57 Å². The highest BCUT2D eigenvalue weighted by molar-refractivity contribution is 7.99. The van der Waals surface area contributed by atoms with Crippen LogP contribution in [0, 0.1) is 0 Å². The standard InChI is InChI=1S/C27H18ClNO5S/c1-33-19-9-5-8-18(14-19)29-21(16-6-3-2-4-7-16)15-22-23(26(29)31)24(30)25(27(32)34-22)35-20-12-10-17(28)11-13-20/h2-15,30H,1H3. The second kappa shape index (κ2) is 9.37. The van der Waals surface area contributed by atoms with Crippen molar-refractivity contribution in [1.29, 1.82) is 0 Å². The number of fused-ring (bicyclic) bond motifs is 1. The number of hydrogen-bond donors (Lipinski definition) is 1. The van der Waals surface area contributed by atoms with Crippen molar-refractivity contribution in [3.63, 3.8) is 0 Å². The van der Waals surface area contributed by atoms with Crippen molar-refractivity contribution in [3.05, 3.63) is 111 Å². The van der Waals surface area contributed by atoms with Gasteiger partial charge in [-0.2, -0.15) is 0 Å². The van der Waals surface area contributed by atoms with Crippen molar-refractivity contribution < 1.29 is 14.3 Å². The minimum absolute atomic E-state index is 0.00375. The van der Waals surface area contributed by atoms with Crippen molar-refractivity contribution in [3.8, 4) is 28.4 Å². The van der Waals surface area contributed by atoms with Gasteiger partial charge in [-0.25, -0.2) is 4.79 Å². The molecule has 6 nitrogen and oxygen atoms in total. The molecule has 0 aliphatic heterocycles. The first-order valence-electron chi connectivity index (χ1n) is 10.6. The molecule has 0 amide bonds. The molecule has 0 aliphatic rings. The fourth-order valence-electron chi connectivity index (χ4n) is 3.78. The molecule has 174 valence electrons. The Kier molecular flexibility index (Phi) is 6.11. The number of benzene rings is 3. The third-order valence-electron chi connectivity index (χ3n) is 5.43. The van der Waals surface area contributed by atoms with E-state index >= 15 is 0 Å². The summed E-state index contributed by atoms with van der Waals surface area (Å²) in [6, 6.07) is 24.6. The molecule has 0 saturated carbocycles. The highest BCUT2D eigenvalue weighted by atomic mass is 35.5. The van der Waals surface area contributed by atoms with Gasteiger partial charge in [-0.15, -0.1) is 0 Å². The molecule has 1 N–H and O–H groups in total. The van der Waals surface area contributed by atoms with Gasteiger partial charge < -0.3 is 14.3 Å². The molecule has 0 atom stereocenters. The number of rotatable bonds is 5. The van der Waals surface area contributed by atoms with Gasteiger partial charge in [0.15, 0.2) is 5.75 Å². The summed E-state index contributed by atoms with van der Waals surface area (Å²) in [5.74, 6) is 0.133. The summed E-state index contributed by atoms with van der Waals surface area (Å²) in [6.07, 6.45) is 0. The summed E-state index contributed by atoms with van der Waals surface area (Å²) in [7, 11) is 1.54. The smallest absolute Gasteiger partial charge is 0.354 e. The molecule has 0 unspecified atom stereocenters. The molecule has 8 heteroatoms. The number of pyridine rings is 1. The Hall–Kier alpha value is -3.94. The van der Waals surface area contributed by atoms with Crippen molar-refractivity contribution >= 4 is 34.3 Å². The summed E-state index contributed by atoms with van der Waals surface area (Å²) in [5, 5.41) is 11.6. The highest BCUT2D eigenvalue weighted by Gasteiger charge is 2.22. The zero-order chi connectivity index (χ0) is 24.5. The van der Waals surface area contributed by atoms with E-state index < -0.39 is 16.9 Å². The molecule has 0 radical (unpaired) electrons. The molecule has 0 bridgehead atoms. The molecule has 0 aliphatic carbocycles. The normalized spacial score (nSPS) is 11.0. The van der Waals surface area contributed by atoms with E-state index in [1.54, 1.807) is 61.7 Å². The number of ether oxygens (including phenoxy) is 1. The number of aromatic hydroxyl groups is 1. The minimum Gasteiger partial charge on any atom is -0.505 e. The van der Waals surface area contributed by atoms with Crippen LogP contribution in [-0.4, -0.2) is 16.8 Å². The molecule has 35 heavy (non-hydrogen) atoms. The van der Waals surface area contributed by atoms with Crippen LogP contribution >= 0.6 is 23.4 Å². The summed E-state index contributed by atoms with van der Waals surface area (Å²) >= 11 is 6.95. The van der Waals surface area contributed by atoms with Gasteiger partial charge >= 0.3 is 5.63 Å². The van der Waals surface area contributed by atoms with Crippen LogP contribution in [-0.2, 0) is 0 Å². The summed E-state index contributed by atoms with van der Waals surface area (Å²) in [6.45, 7) is 0. The number of hydrogen-bond acceptors (Lipinski definition) is 6. The lowest BCUT2D eigenvalue weighted by atomic mass is 10.1. The predicted molar refractivity (Wildman–Crippen MR) is 137 cm³/mol. The molecular weight excluding hydrogens is 486 g/mol. The van der Waals surface area contributed by atoms with Gasteiger partial charge in [0.2, 0.25) is 0 Å². The van der Waals surface area contributed by atoms with Crippen molar-refractivity contribution in [1.82, 2.24) is 4.57 Å². The largest absolute Gasteiger partial charge is 0.505 e. The lowest BCUT2D eigenvalue weighted by Gasteiger charge is -2.16. The van der Waals surface area contributed by atoms with Crippen LogP contribution in [0.2, 0.25) is 5.02 Å². The van der Waals surface area contributed by atoms with E-state index in [4.69, 9.17) is 20.8 Å². The van der Waals surface area contributed by atoms with E-state index in [2.05, 4.69) is 0 Å². The first-order valence-corrected chi connectivity index (χ1v) is 11.7. The third kappa shape index (κ3) is 4.32. The summed E-state index contributed by atoms with van der Waals surface area (Å²) in [5.41, 5.74) is 0.484. The molecule has 0 fully saturated rings. The van der Waals surface area contributed by atoms with E-state index in [0.717, 1.165) is 17.3 Å². The number of aromatic nitrogens is 1. The van der Waals surface area contributed by atoms with E-state index in [9.17, 15) is 14.7 Å². The van der Waals surface area contributed by atoms with Gasteiger partial charge in [-0.3, -0.25) is 9.36 Å². The highest BCUT2D eigenvalue weighted by Crippen LogP contribution is 2.37. The van der Waals surface area contributed by atoms with Crippen LogP contribution in [0.4, 0.5) is 0 Å². The maximum atomic E-state index is 13.9. The van der Waals surface area contributed by atoms with Gasteiger partial charge in [0, 0.05) is 22.1 Å². The maximum absolute atomic E-state index is 13.9. The second-order valence-corrected chi connectivity index (χ2v) is 9.12. The Morgan fingerprint density at radius 1 is 0.943 bits per heavy atom. The van der Waals surface area contributed by atoms with E-state index in [-0.39, 0.29) is 15.9 Å². The molecule has 3 aromatic carbocycles. The Bertz CT molecular complexity index is 1660. The van der Waals surface area contributed by atoms with E-state index in [1.807, 2.05) is 30.3 Å². The Labute approximate surface area is 209 Å². The van der Waals surface area contributed by atoms with Gasteiger partial charge in [-0.05, 0) is 42.0 Å². The lowest BCUT2D eigenvalue weighted by molar-refractivity contribution is 0.414. The molecule has 0 spiro atoms. The van der Waals surface area contributed by atoms with Gasteiger partial charge in [-0.1, -0.05) is 59.8 Å². The second-order valence-electron chi connectivity index (χ2n) is 7.60. The fourth-order valence-corrected chi connectivity index (χ4v) is 4.74. The quantitative estimate of drug-likeness (QED) is 0.311. The monoisotopic (exact) mass is 503 g/mol. The zero-order valence-electron chi connectivity index (χ0n) is 18.4. The van der Waals surface area contributed by atoms with Crippen molar-refractivity contribution in [2.75, 3.05) is 7.11 Å². The van der Waals surface area contributed by atoms with Crippen LogP contribution in [0.1, 0.15) is 0 Å². The third-order valence-corrected chi connectivity index (χ3v) is 6.75. The Balaban J connectivity index is 1.80. The lowest BCUT2D eigenvalue weighted by Crippen LogP contribution is -2.21. The first kappa shape index (κ1) is 22.8. The number of nitrogens with zero attached hydrogens (tertiary/aromatic N) is 1. The molecule has 5 rings (SSSR count). The molecule has 0 saturated heterocycles. The van der Waals surface area contributed by atoms with E-state index in [0.29, 0.717) is 27.0 Å². The zero-order valence-corrected chi connectivity index (χ0v) is 20.0. The SMILES string of the molecule is COc1cccc(-n2c(-c3ccccc3)cc3oc(=O)c(Sc4ccc(Cl)cc4)c(O)c3c2=O)c1. The van der Waals surface area contributed by atoms with Crippen molar-refractivity contribution in [2.45, 2.75) is 9.79 Å². The summed E-state index contributed by atoms with van der Waals surface area (Å²) in [4.78, 5) is 27.3. The fraction of sp³-hybridized carbons (Fsp3) is 0.0370. The minimum atomic E-state index is -0.743. The summed E-state index contributed by atoms with van der Waals surface area (Å²) < 4.78 is 12.4. The molecule has 5 aromatic rings. The molecule has 2 aromatic heterocycles. The molecule has 2 heterocycles. The van der Waals surface area contributed by atoms with Gasteiger partial charge in [0.05, 0.1) is 18.5 Å². The topological polar surface area (TPSA) is 81.7 Å².